The number of anilines is 1. The van der Waals surface area contributed by atoms with E-state index in [1.807, 2.05) is 12.3 Å². The lowest BCUT2D eigenvalue weighted by molar-refractivity contribution is -0.127. The molecule has 2 heterocycles. The number of carbonyl (C=O) groups excluding carboxylic acids is 2. The number of hydrogen-bond acceptors (Lipinski definition) is 7. The summed E-state index contributed by atoms with van der Waals surface area (Å²) in [7, 11) is 0. The minimum Gasteiger partial charge on any atom is -0.391 e. The van der Waals surface area contributed by atoms with Crippen LogP contribution in [0.2, 0.25) is 0 Å². The first-order valence-corrected chi connectivity index (χ1v) is 10.2. The number of rotatable bonds is 6. The number of nitrogens with zero attached hydrogens (tertiary/aromatic N) is 2. The highest BCUT2D eigenvalue weighted by atomic mass is 32.1. The third-order valence-electron chi connectivity index (χ3n) is 4.86. The SMILES string of the molecule is Cc1csc(CCNC(=O)[C@H]2CC[C@H](NC(=O)c3ccc(N)nc3)[C@@H](O)C2)n1. The summed E-state index contributed by atoms with van der Waals surface area (Å²) < 4.78 is 0. The minimum atomic E-state index is -0.767. The van der Waals surface area contributed by atoms with Crippen LogP contribution in [0.15, 0.2) is 23.7 Å². The molecule has 9 heteroatoms. The van der Waals surface area contributed by atoms with Crippen molar-refractivity contribution >= 4 is 29.0 Å². The van der Waals surface area contributed by atoms with Gasteiger partial charge in [0.15, 0.2) is 0 Å². The highest BCUT2D eigenvalue weighted by Gasteiger charge is 2.33. The van der Waals surface area contributed by atoms with Crippen LogP contribution in [0.5, 0.6) is 0 Å². The van der Waals surface area contributed by atoms with Gasteiger partial charge in [0.2, 0.25) is 5.91 Å². The van der Waals surface area contributed by atoms with Gasteiger partial charge in [-0.3, -0.25) is 9.59 Å². The number of hydrogen-bond donors (Lipinski definition) is 4. The fraction of sp³-hybridized carbons (Fsp3) is 0.474. The molecule has 0 saturated heterocycles. The van der Waals surface area contributed by atoms with Crippen LogP contribution < -0.4 is 16.4 Å². The normalized spacial score (nSPS) is 21.9. The van der Waals surface area contributed by atoms with E-state index in [0.29, 0.717) is 43.6 Å². The molecular weight excluding hydrogens is 378 g/mol. The largest absolute Gasteiger partial charge is 0.391 e. The molecule has 0 radical (unpaired) electrons. The molecule has 1 aliphatic carbocycles. The molecule has 5 N–H and O–H groups in total. The van der Waals surface area contributed by atoms with E-state index in [-0.39, 0.29) is 23.8 Å². The number of amides is 2. The average molecular weight is 404 g/mol. The van der Waals surface area contributed by atoms with E-state index in [0.717, 1.165) is 10.7 Å². The Morgan fingerprint density at radius 3 is 2.82 bits per heavy atom. The number of aliphatic hydroxyl groups excluding tert-OH is 1. The minimum absolute atomic E-state index is 0.0557. The van der Waals surface area contributed by atoms with Crippen LogP contribution in [0.1, 0.15) is 40.3 Å². The summed E-state index contributed by atoms with van der Waals surface area (Å²) in [4.78, 5) is 32.9. The highest BCUT2D eigenvalue weighted by molar-refractivity contribution is 7.09. The predicted octanol–water partition coefficient (Wildman–Crippen LogP) is 1.05. The molecule has 2 amide bonds. The van der Waals surface area contributed by atoms with Crippen LogP contribution in [0, 0.1) is 12.8 Å². The Balaban J connectivity index is 1.44. The van der Waals surface area contributed by atoms with Crippen molar-refractivity contribution in [2.75, 3.05) is 12.3 Å². The van der Waals surface area contributed by atoms with Gasteiger partial charge in [0, 0.05) is 36.2 Å². The van der Waals surface area contributed by atoms with Crippen molar-refractivity contribution in [2.24, 2.45) is 5.92 Å². The van der Waals surface area contributed by atoms with Crippen LogP contribution in [0.3, 0.4) is 0 Å². The highest BCUT2D eigenvalue weighted by Crippen LogP contribution is 2.25. The lowest BCUT2D eigenvalue weighted by Crippen LogP contribution is -2.49. The molecule has 2 aromatic rings. The van der Waals surface area contributed by atoms with Gasteiger partial charge < -0.3 is 21.5 Å². The Bertz CT molecular complexity index is 823. The van der Waals surface area contributed by atoms with Crippen molar-refractivity contribution in [3.63, 3.8) is 0 Å². The smallest absolute Gasteiger partial charge is 0.253 e. The van der Waals surface area contributed by atoms with E-state index < -0.39 is 6.10 Å². The third-order valence-corrected chi connectivity index (χ3v) is 5.88. The van der Waals surface area contributed by atoms with Crippen LogP contribution in [0.4, 0.5) is 5.82 Å². The maximum atomic E-state index is 12.4. The molecule has 0 unspecified atom stereocenters. The summed E-state index contributed by atoms with van der Waals surface area (Å²) in [6.07, 6.45) is 2.82. The van der Waals surface area contributed by atoms with Gasteiger partial charge in [-0.25, -0.2) is 9.97 Å². The van der Waals surface area contributed by atoms with Gasteiger partial charge in [-0.05, 0) is 38.3 Å². The Morgan fingerprint density at radius 1 is 1.36 bits per heavy atom. The Morgan fingerprint density at radius 2 is 2.18 bits per heavy atom. The second-order valence-corrected chi connectivity index (χ2v) is 8.00. The zero-order chi connectivity index (χ0) is 20.1. The number of nitrogen functional groups attached to an aromatic ring is 1. The lowest BCUT2D eigenvalue weighted by atomic mass is 9.83. The van der Waals surface area contributed by atoms with Gasteiger partial charge in [0.25, 0.3) is 5.91 Å². The maximum Gasteiger partial charge on any atom is 0.253 e. The van der Waals surface area contributed by atoms with Crippen molar-refractivity contribution in [2.45, 2.75) is 44.8 Å². The van der Waals surface area contributed by atoms with Gasteiger partial charge in [0.05, 0.1) is 22.7 Å². The molecule has 0 aromatic carbocycles. The second kappa shape index (κ2) is 9.11. The lowest BCUT2D eigenvalue weighted by Gasteiger charge is -2.33. The summed E-state index contributed by atoms with van der Waals surface area (Å²) >= 11 is 1.59. The monoisotopic (exact) mass is 403 g/mol. The third kappa shape index (κ3) is 5.26. The number of nitrogens with two attached hydrogens (primary N) is 1. The number of nitrogens with one attached hydrogen (secondary N) is 2. The Labute approximate surface area is 167 Å². The molecule has 8 nitrogen and oxygen atoms in total. The van der Waals surface area contributed by atoms with Crippen molar-refractivity contribution < 1.29 is 14.7 Å². The molecule has 0 aliphatic heterocycles. The Kier molecular flexibility index (Phi) is 6.58. The van der Waals surface area contributed by atoms with Crippen molar-refractivity contribution in [1.29, 1.82) is 0 Å². The number of aryl methyl sites for hydroxylation is 1. The van der Waals surface area contributed by atoms with Crippen LogP contribution in [0.25, 0.3) is 0 Å². The van der Waals surface area contributed by atoms with Crippen molar-refractivity contribution in [3.05, 3.63) is 40.0 Å². The number of aliphatic hydroxyl groups is 1. The van der Waals surface area contributed by atoms with Gasteiger partial charge in [-0.2, -0.15) is 0 Å². The molecule has 150 valence electrons. The van der Waals surface area contributed by atoms with E-state index in [1.165, 1.54) is 6.20 Å². The molecule has 1 fully saturated rings. The molecule has 1 aliphatic rings. The van der Waals surface area contributed by atoms with Gasteiger partial charge in [-0.1, -0.05) is 0 Å². The number of carbonyl (C=O) groups is 2. The van der Waals surface area contributed by atoms with E-state index in [1.54, 1.807) is 23.5 Å². The fourth-order valence-corrected chi connectivity index (χ4v) is 4.07. The summed E-state index contributed by atoms with van der Waals surface area (Å²) in [5.74, 6) is -0.273. The molecule has 2 aromatic heterocycles. The zero-order valence-electron chi connectivity index (χ0n) is 15.7. The summed E-state index contributed by atoms with van der Waals surface area (Å²) in [6, 6.07) is 2.76. The predicted molar refractivity (Wildman–Crippen MR) is 107 cm³/mol. The maximum absolute atomic E-state index is 12.4. The average Bonchev–Trinajstić information content (AvgIpc) is 3.09. The second-order valence-electron chi connectivity index (χ2n) is 7.05. The fourth-order valence-electron chi connectivity index (χ4n) is 3.30. The molecule has 3 rings (SSSR count). The van der Waals surface area contributed by atoms with Gasteiger partial charge in [0.1, 0.15) is 5.82 Å². The number of aromatic nitrogens is 2. The summed E-state index contributed by atoms with van der Waals surface area (Å²) in [6.45, 7) is 2.48. The molecular formula is C19H25N5O3S. The van der Waals surface area contributed by atoms with Gasteiger partial charge >= 0.3 is 0 Å². The van der Waals surface area contributed by atoms with E-state index in [4.69, 9.17) is 5.73 Å². The molecule has 28 heavy (non-hydrogen) atoms. The summed E-state index contributed by atoms with van der Waals surface area (Å²) in [5, 5.41) is 19.1. The van der Waals surface area contributed by atoms with Crippen molar-refractivity contribution in [1.82, 2.24) is 20.6 Å². The Hall–Kier alpha value is -2.52. The van der Waals surface area contributed by atoms with Gasteiger partial charge in [-0.15, -0.1) is 11.3 Å². The number of pyridine rings is 1. The number of thiazole rings is 1. The van der Waals surface area contributed by atoms with Crippen LogP contribution in [-0.4, -0.2) is 45.6 Å². The first kappa shape index (κ1) is 20.2. The molecule has 0 spiro atoms. The molecule has 0 bridgehead atoms. The zero-order valence-corrected chi connectivity index (χ0v) is 16.5. The first-order valence-electron chi connectivity index (χ1n) is 9.31. The van der Waals surface area contributed by atoms with E-state index in [2.05, 4.69) is 20.6 Å². The standard InChI is InChI=1S/C19H25N5O3S/c1-11-10-28-17(23-11)6-7-21-18(26)12-2-4-14(15(25)8-12)24-19(27)13-3-5-16(20)22-9-13/h3,5,9-10,12,14-15,25H,2,4,6-8H2,1H3,(H2,20,22)(H,21,26)(H,24,27)/t12-,14-,15-/m0/s1. The molecule has 3 atom stereocenters. The van der Waals surface area contributed by atoms with Crippen molar-refractivity contribution in [3.8, 4) is 0 Å². The van der Waals surface area contributed by atoms with E-state index >= 15 is 0 Å². The van der Waals surface area contributed by atoms with Crippen LogP contribution >= 0.6 is 11.3 Å². The quantitative estimate of drug-likeness (QED) is 0.570. The topological polar surface area (TPSA) is 130 Å². The van der Waals surface area contributed by atoms with E-state index in [9.17, 15) is 14.7 Å². The summed E-state index contributed by atoms with van der Waals surface area (Å²) in [5.41, 5.74) is 6.90. The first-order chi connectivity index (χ1) is 13.4. The molecule has 1 saturated carbocycles. The van der Waals surface area contributed by atoms with Crippen LogP contribution in [-0.2, 0) is 11.2 Å².